The number of methoxy groups -OCH3 is 2. The number of hydrogen-bond acceptors (Lipinski definition) is 3. The molecule has 4 nitrogen and oxygen atoms in total. The van der Waals surface area contributed by atoms with Gasteiger partial charge in [-0.1, -0.05) is 22.6 Å². The minimum Gasteiger partial charge on any atom is -0.493 e. The van der Waals surface area contributed by atoms with Crippen molar-refractivity contribution in [2.24, 2.45) is 0 Å². The summed E-state index contributed by atoms with van der Waals surface area (Å²) in [6, 6.07) is 5.10. The van der Waals surface area contributed by atoms with Gasteiger partial charge in [-0.3, -0.25) is 4.79 Å². The molecule has 88 valence electrons. The maximum Gasteiger partial charge on any atom is 0.251 e. The lowest BCUT2D eigenvalue weighted by molar-refractivity contribution is 0.0956. The third-order valence-electron chi connectivity index (χ3n) is 2.03. The lowest BCUT2D eigenvalue weighted by Crippen LogP contribution is -2.25. The number of alkyl halides is 1. The molecule has 0 radical (unpaired) electrons. The predicted molar refractivity (Wildman–Crippen MR) is 70.8 cm³/mol. The SMILES string of the molecule is COc1ccc(C(=O)NCCI)cc1OC. The van der Waals surface area contributed by atoms with Gasteiger partial charge in [-0.2, -0.15) is 0 Å². The normalized spacial score (nSPS) is 9.69. The number of rotatable bonds is 5. The summed E-state index contributed by atoms with van der Waals surface area (Å²) in [5, 5.41) is 2.79. The Morgan fingerprint density at radius 2 is 2.00 bits per heavy atom. The maximum atomic E-state index is 11.7. The van der Waals surface area contributed by atoms with Crippen LogP contribution in [0.25, 0.3) is 0 Å². The van der Waals surface area contributed by atoms with Crippen LogP contribution in [-0.4, -0.2) is 31.1 Å². The average Bonchev–Trinajstić information content (AvgIpc) is 2.34. The molecule has 1 rings (SSSR count). The number of ether oxygens (including phenoxy) is 2. The average molecular weight is 335 g/mol. The molecule has 1 aromatic carbocycles. The monoisotopic (exact) mass is 335 g/mol. The molecule has 0 heterocycles. The number of benzene rings is 1. The van der Waals surface area contributed by atoms with Crippen LogP contribution in [0.15, 0.2) is 18.2 Å². The van der Waals surface area contributed by atoms with Gasteiger partial charge < -0.3 is 14.8 Å². The van der Waals surface area contributed by atoms with E-state index in [0.29, 0.717) is 23.6 Å². The standard InChI is InChI=1S/C11H14INO3/c1-15-9-4-3-8(7-10(9)16-2)11(14)13-6-5-12/h3-4,7H,5-6H2,1-2H3,(H,13,14). The first kappa shape index (κ1) is 13.1. The summed E-state index contributed by atoms with van der Waals surface area (Å²) in [6.45, 7) is 0.660. The van der Waals surface area contributed by atoms with Crippen molar-refractivity contribution in [2.45, 2.75) is 0 Å². The van der Waals surface area contributed by atoms with Crippen molar-refractivity contribution in [3.63, 3.8) is 0 Å². The number of carbonyl (C=O) groups excluding carboxylic acids is 1. The Bertz CT molecular complexity index is 368. The van der Waals surface area contributed by atoms with Gasteiger partial charge >= 0.3 is 0 Å². The minimum atomic E-state index is -0.0994. The summed E-state index contributed by atoms with van der Waals surface area (Å²) >= 11 is 2.21. The third-order valence-corrected chi connectivity index (χ3v) is 2.57. The molecule has 0 aliphatic heterocycles. The van der Waals surface area contributed by atoms with Crippen LogP contribution in [0.5, 0.6) is 11.5 Å². The minimum absolute atomic E-state index is 0.0994. The Morgan fingerprint density at radius 3 is 2.56 bits per heavy atom. The molecular formula is C11H14INO3. The number of hydrogen-bond donors (Lipinski definition) is 1. The molecule has 0 unspecified atom stereocenters. The molecule has 5 heteroatoms. The van der Waals surface area contributed by atoms with Crippen LogP contribution >= 0.6 is 22.6 Å². The molecular weight excluding hydrogens is 321 g/mol. The van der Waals surface area contributed by atoms with E-state index in [2.05, 4.69) is 27.9 Å². The zero-order valence-corrected chi connectivity index (χ0v) is 11.4. The molecule has 1 N–H and O–H groups in total. The lowest BCUT2D eigenvalue weighted by Gasteiger charge is -2.09. The molecule has 1 amide bonds. The number of amides is 1. The first-order valence-electron chi connectivity index (χ1n) is 4.79. The number of halogens is 1. The highest BCUT2D eigenvalue weighted by atomic mass is 127. The molecule has 0 spiro atoms. The molecule has 0 aliphatic rings. The van der Waals surface area contributed by atoms with E-state index < -0.39 is 0 Å². The maximum absolute atomic E-state index is 11.7. The summed E-state index contributed by atoms with van der Waals surface area (Å²) in [6.07, 6.45) is 0. The first-order valence-corrected chi connectivity index (χ1v) is 6.31. The van der Waals surface area contributed by atoms with Crippen LogP contribution in [0.2, 0.25) is 0 Å². The van der Waals surface area contributed by atoms with E-state index in [1.54, 1.807) is 32.4 Å². The molecule has 0 atom stereocenters. The van der Waals surface area contributed by atoms with Crippen LogP contribution < -0.4 is 14.8 Å². The second kappa shape index (κ2) is 6.57. The van der Waals surface area contributed by atoms with Gasteiger partial charge in [-0.25, -0.2) is 0 Å². The Hall–Kier alpha value is -0.980. The molecule has 0 bridgehead atoms. The van der Waals surface area contributed by atoms with Crippen LogP contribution in [0, 0.1) is 0 Å². The van der Waals surface area contributed by atoms with Crippen molar-refractivity contribution in [3.8, 4) is 11.5 Å². The Kier molecular flexibility index (Phi) is 5.37. The van der Waals surface area contributed by atoms with Gasteiger partial charge in [0.2, 0.25) is 0 Å². The molecule has 0 aromatic heterocycles. The highest BCUT2D eigenvalue weighted by Crippen LogP contribution is 2.27. The fourth-order valence-electron chi connectivity index (χ4n) is 1.24. The van der Waals surface area contributed by atoms with Gasteiger partial charge in [-0.05, 0) is 18.2 Å². The van der Waals surface area contributed by atoms with Crippen molar-refractivity contribution in [3.05, 3.63) is 23.8 Å². The van der Waals surface area contributed by atoms with Gasteiger partial charge in [0.15, 0.2) is 11.5 Å². The van der Waals surface area contributed by atoms with E-state index in [1.807, 2.05) is 0 Å². The van der Waals surface area contributed by atoms with E-state index in [1.165, 1.54) is 0 Å². The number of carbonyl (C=O) groups is 1. The first-order chi connectivity index (χ1) is 7.72. The third kappa shape index (κ3) is 3.26. The van der Waals surface area contributed by atoms with Gasteiger partial charge in [0.05, 0.1) is 14.2 Å². The van der Waals surface area contributed by atoms with E-state index in [0.717, 1.165) is 4.43 Å². The fourth-order valence-corrected chi connectivity index (χ4v) is 1.51. The van der Waals surface area contributed by atoms with Crippen LogP contribution in [0.3, 0.4) is 0 Å². The summed E-state index contributed by atoms with van der Waals surface area (Å²) in [4.78, 5) is 11.7. The van der Waals surface area contributed by atoms with Crippen LogP contribution in [0.1, 0.15) is 10.4 Å². The summed E-state index contributed by atoms with van der Waals surface area (Å²) in [5.41, 5.74) is 0.572. The van der Waals surface area contributed by atoms with Crippen molar-refractivity contribution >= 4 is 28.5 Å². The zero-order chi connectivity index (χ0) is 12.0. The Morgan fingerprint density at radius 1 is 1.31 bits per heavy atom. The van der Waals surface area contributed by atoms with Gasteiger partial charge in [0, 0.05) is 16.5 Å². The van der Waals surface area contributed by atoms with Crippen molar-refractivity contribution in [1.29, 1.82) is 0 Å². The van der Waals surface area contributed by atoms with Gasteiger partial charge in [-0.15, -0.1) is 0 Å². The molecule has 1 aromatic rings. The Balaban J connectivity index is 2.85. The summed E-state index contributed by atoms with van der Waals surface area (Å²) in [7, 11) is 3.11. The topological polar surface area (TPSA) is 47.6 Å². The van der Waals surface area contributed by atoms with Crippen molar-refractivity contribution in [1.82, 2.24) is 5.32 Å². The summed E-state index contributed by atoms with van der Waals surface area (Å²) in [5.74, 6) is 1.08. The zero-order valence-electron chi connectivity index (χ0n) is 9.25. The highest BCUT2D eigenvalue weighted by Gasteiger charge is 2.09. The van der Waals surface area contributed by atoms with Crippen molar-refractivity contribution < 1.29 is 14.3 Å². The van der Waals surface area contributed by atoms with Crippen LogP contribution in [0.4, 0.5) is 0 Å². The Labute approximate surface area is 108 Å². The number of nitrogens with one attached hydrogen (secondary N) is 1. The predicted octanol–water partition coefficient (Wildman–Crippen LogP) is 1.87. The molecule has 0 saturated carbocycles. The van der Waals surface area contributed by atoms with Gasteiger partial charge in [0.25, 0.3) is 5.91 Å². The largest absolute Gasteiger partial charge is 0.493 e. The second-order valence-electron chi connectivity index (χ2n) is 3.01. The van der Waals surface area contributed by atoms with E-state index in [-0.39, 0.29) is 5.91 Å². The highest BCUT2D eigenvalue weighted by molar-refractivity contribution is 14.1. The summed E-state index contributed by atoms with van der Waals surface area (Å²) < 4.78 is 11.1. The molecule has 0 aliphatic carbocycles. The van der Waals surface area contributed by atoms with Crippen LogP contribution in [-0.2, 0) is 0 Å². The quantitative estimate of drug-likeness (QED) is 0.660. The van der Waals surface area contributed by atoms with Crippen molar-refractivity contribution in [2.75, 3.05) is 25.2 Å². The fraction of sp³-hybridized carbons (Fsp3) is 0.364. The van der Waals surface area contributed by atoms with Gasteiger partial charge in [0.1, 0.15) is 0 Å². The molecule has 0 fully saturated rings. The second-order valence-corrected chi connectivity index (χ2v) is 4.09. The van der Waals surface area contributed by atoms with E-state index >= 15 is 0 Å². The lowest BCUT2D eigenvalue weighted by atomic mass is 10.2. The van der Waals surface area contributed by atoms with E-state index in [9.17, 15) is 4.79 Å². The molecule has 16 heavy (non-hydrogen) atoms. The van der Waals surface area contributed by atoms with E-state index in [4.69, 9.17) is 9.47 Å². The smallest absolute Gasteiger partial charge is 0.251 e. The molecule has 0 saturated heterocycles.